The van der Waals surface area contributed by atoms with Gasteiger partial charge in [-0.05, 0) is 49.1 Å². The molecule has 0 saturated carbocycles. The number of alkyl halides is 3. The summed E-state index contributed by atoms with van der Waals surface area (Å²) in [6.45, 7) is 4.25. The first kappa shape index (κ1) is 27.1. The largest absolute Gasteiger partial charge is 0.494 e. The Balaban J connectivity index is 1.67. The molecule has 1 amide bonds. The van der Waals surface area contributed by atoms with Gasteiger partial charge in [-0.25, -0.2) is 9.97 Å². The third kappa shape index (κ3) is 5.50. The predicted molar refractivity (Wildman–Crippen MR) is 138 cm³/mol. The van der Waals surface area contributed by atoms with Gasteiger partial charge in [0.1, 0.15) is 17.0 Å². The zero-order chi connectivity index (χ0) is 27.6. The third-order valence-corrected chi connectivity index (χ3v) is 6.44. The van der Waals surface area contributed by atoms with Crippen LogP contribution in [0.4, 0.5) is 13.2 Å². The van der Waals surface area contributed by atoms with E-state index in [4.69, 9.17) is 14.9 Å². The van der Waals surface area contributed by atoms with Crippen LogP contribution in [0, 0.1) is 0 Å². The number of nitrogens with zero attached hydrogens (tertiary/aromatic N) is 3. The Morgan fingerprint density at radius 2 is 1.79 bits per heavy atom. The van der Waals surface area contributed by atoms with Crippen molar-refractivity contribution in [2.45, 2.75) is 38.4 Å². The van der Waals surface area contributed by atoms with E-state index in [1.54, 1.807) is 24.9 Å². The number of methoxy groups -OCH3 is 1. The summed E-state index contributed by atoms with van der Waals surface area (Å²) < 4.78 is 51.1. The Bertz CT molecular complexity index is 1430. The van der Waals surface area contributed by atoms with Crippen molar-refractivity contribution in [1.29, 1.82) is 0 Å². The third-order valence-electron chi connectivity index (χ3n) is 6.44. The summed E-state index contributed by atoms with van der Waals surface area (Å²) in [5.74, 6) is 0.296. The Morgan fingerprint density at radius 3 is 2.42 bits per heavy atom. The van der Waals surface area contributed by atoms with Gasteiger partial charge in [-0.3, -0.25) is 4.79 Å². The monoisotopic (exact) mass is 526 g/mol. The number of fused-ring (bicyclic) bond motifs is 1. The molecule has 4 aromatic rings. The number of carbonyl (C=O) groups is 1. The van der Waals surface area contributed by atoms with E-state index in [1.165, 1.54) is 24.8 Å². The van der Waals surface area contributed by atoms with E-state index in [-0.39, 0.29) is 40.4 Å². The summed E-state index contributed by atoms with van der Waals surface area (Å²) in [5.41, 5.74) is 6.67. The maximum Gasteiger partial charge on any atom is 0.433 e. The summed E-state index contributed by atoms with van der Waals surface area (Å²) >= 11 is 0. The first-order chi connectivity index (χ1) is 18.0. The highest BCUT2D eigenvalue weighted by molar-refractivity contribution is 5.98. The van der Waals surface area contributed by atoms with Gasteiger partial charge in [0.15, 0.2) is 11.5 Å². The average Bonchev–Trinajstić information content (AvgIpc) is 3.35. The van der Waals surface area contributed by atoms with E-state index >= 15 is 0 Å². The van der Waals surface area contributed by atoms with Crippen LogP contribution < -0.4 is 10.5 Å². The maximum absolute atomic E-state index is 13.4. The van der Waals surface area contributed by atoms with Crippen LogP contribution in [0.25, 0.3) is 22.4 Å². The van der Waals surface area contributed by atoms with Crippen LogP contribution in [0.1, 0.15) is 59.7 Å². The Kier molecular flexibility index (Phi) is 7.73. The van der Waals surface area contributed by atoms with Crippen molar-refractivity contribution in [3.05, 3.63) is 77.3 Å². The minimum absolute atomic E-state index is 0.000246. The van der Waals surface area contributed by atoms with Gasteiger partial charge in [-0.2, -0.15) is 13.2 Å². The van der Waals surface area contributed by atoms with E-state index in [1.807, 2.05) is 18.2 Å². The zero-order valence-corrected chi connectivity index (χ0v) is 21.5. The van der Waals surface area contributed by atoms with E-state index in [9.17, 15) is 18.0 Å². The second kappa shape index (κ2) is 10.8. The molecular weight excluding hydrogens is 497 g/mol. The molecule has 2 N–H and O–H groups in total. The molecule has 0 aliphatic rings. The number of carbonyl (C=O) groups excluding carboxylic acids is 1. The number of oxazole rings is 1. The zero-order valence-electron chi connectivity index (χ0n) is 21.5. The van der Waals surface area contributed by atoms with E-state index in [0.29, 0.717) is 17.5 Å². The smallest absolute Gasteiger partial charge is 0.433 e. The minimum atomic E-state index is -4.62. The van der Waals surface area contributed by atoms with E-state index in [2.05, 4.69) is 29.0 Å². The molecule has 0 aliphatic heterocycles. The summed E-state index contributed by atoms with van der Waals surface area (Å²) in [4.78, 5) is 23.2. The first-order valence-electron chi connectivity index (χ1n) is 12.1. The highest BCUT2D eigenvalue weighted by atomic mass is 19.4. The Labute approximate surface area is 218 Å². The second-order valence-electron chi connectivity index (χ2n) is 9.25. The highest BCUT2D eigenvalue weighted by Crippen LogP contribution is 2.37. The molecule has 2 atom stereocenters. The molecule has 0 fully saturated rings. The Morgan fingerprint density at radius 1 is 1.08 bits per heavy atom. The molecule has 2 aromatic heterocycles. The highest BCUT2D eigenvalue weighted by Gasteiger charge is 2.33. The number of aromatic nitrogens is 2. The van der Waals surface area contributed by atoms with Gasteiger partial charge in [-0.1, -0.05) is 37.3 Å². The van der Waals surface area contributed by atoms with Crippen LogP contribution >= 0.6 is 0 Å². The fraction of sp³-hybridized carbons (Fsp3) is 0.321. The van der Waals surface area contributed by atoms with Crippen molar-refractivity contribution < 1.29 is 27.1 Å². The van der Waals surface area contributed by atoms with Crippen LogP contribution in [0.5, 0.6) is 5.75 Å². The molecule has 4 rings (SSSR count). The molecule has 200 valence electrons. The summed E-state index contributed by atoms with van der Waals surface area (Å²) in [6, 6.07) is 14.6. The van der Waals surface area contributed by atoms with Crippen LogP contribution in [0.15, 0.2) is 59.0 Å². The SMILES string of the molecule is COc1ccc(-c2nc(C(=O)N(C)CCC(C)c3ccccc3)c([C@H](C)N)o2)c2ccc(C(F)(F)F)nc12. The second-order valence-corrected chi connectivity index (χ2v) is 9.25. The first-order valence-corrected chi connectivity index (χ1v) is 12.1. The summed E-state index contributed by atoms with van der Waals surface area (Å²) in [5, 5.41) is 0.332. The Hall–Kier alpha value is -3.92. The van der Waals surface area contributed by atoms with Crippen LogP contribution in [0.2, 0.25) is 0 Å². The van der Waals surface area contributed by atoms with Crippen molar-refractivity contribution in [3.63, 3.8) is 0 Å². The number of nitrogens with two attached hydrogens (primary N) is 1. The molecule has 7 nitrogen and oxygen atoms in total. The molecule has 1 unspecified atom stereocenters. The topological polar surface area (TPSA) is 94.5 Å². The molecule has 38 heavy (non-hydrogen) atoms. The fourth-order valence-corrected chi connectivity index (χ4v) is 4.23. The van der Waals surface area contributed by atoms with E-state index in [0.717, 1.165) is 12.5 Å². The van der Waals surface area contributed by atoms with Crippen LogP contribution in [0.3, 0.4) is 0 Å². The van der Waals surface area contributed by atoms with Gasteiger partial charge >= 0.3 is 6.18 Å². The molecule has 2 heterocycles. The molecular formula is C28H29F3N4O3. The van der Waals surface area contributed by atoms with Gasteiger partial charge in [0.2, 0.25) is 5.89 Å². The van der Waals surface area contributed by atoms with Crippen LogP contribution in [-0.2, 0) is 6.18 Å². The predicted octanol–water partition coefficient (Wildman–Crippen LogP) is 6.20. The van der Waals surface area contributed by atoms with Gasteiger partial charge < -0.3 is 19.8 Å². The van der Waals surface area contributed by atoms with Crippen molar-refractivity contribution in [2.24, 2.45) is 5.73 Å². The number of hydrogen-bond acceptors (Lipinski definition) is 6. The molecule has 0 spiro atoms. The van der Waals surface area contributed by atoms with Gasteiger partial charge in [0.05, 0.1) is 13.2 Å². The lowest BCUT2D eigenvalue weighted by Crippen LogP contribution is -2.30. The molecule has 0 bridgehead atoms. The molecule has 10 heteroatoms. The van der Waals surface area contributed by atoms with Crippen LogP contribution in [-0.4, -0.2) is 41.5 Å². The van der Waals surface area contributed by atoms with Gasteiger partial charge in [-0.15, -0.1) is 0 Å². The quantitative estimate of drug-likeness (QED) is 0.294. The normalized spacial score (nSPS) is 13.4. The number of halogens is 3. The average molecular weight is 527 g/mol. The lowest BCUT2D eigenvalue weighted by atomic mass is 9.98. The number of hydrogen-bond donors (Lipinski definition) is 1. The number of pyridine rings is 1. The van der Waals surface area contributed by atoms with Gasteiger partial charge in [0, 0.05) is 24.5 Å². The lowest BCUT2D eigenvalue weighted by molar-refractivity contribution is -0.140. The van der Waals surface area contributed by atoms with Crippen molar-refractivity contribution >= 4 is 16.8 Å². The molecule has 0 saturated heterocycles. The molecule has 0 aliphatic carbocycles. The van der Waals surface area contributed by atoms with Gasteiger partial charge in [0.25, 0.3) is 5.91 Å². The number of rotatable bonds is 8. The standard InChI is InChI=1S/C28H29F3N4O3/c1-16(18-8-6-5-7-9-18)14-15-35(3)27(36)24-25(17(2)32)38-26(34-24)20-10-12-21(37-4)23-19(20)11-13-22(33-23)28(29,30)31/h5-13,16-17H,14-15,32H2,1-4H3/t16?,17-/m0/s1. The molecule has 2 aromatic carbocycles. The summed E-state index contributed by atoms with van der Waals surface area (Å²) in [7, 11) is 3.03. The number of benzene rings is 2. The van der Waals surface area contributed by atoms with Crippen molar-refractivity contribution in [1.82, 2.24) is 14.9 Å². The fourth-order valence-electron chi connectivity index (χ4n) is 4.23. The number of ether oxygens (including phenoxy) is 1. The number of amides is 1. The van der Waals surface area contributed by atoms with Crippen molar-refractivity contribution in [3.8, 4) is 17.2 Å². The minimum Gasteiger partial charge on any atom is -0.494 e. The van der Waals surface area contributed by atoms with Crippen molar-refractivity contribution in [2.75, 3.05) is 20.7 Å². The van der Waals surface area contributed by atoms with E-state index < -0.39 is 17.9 Å². The summed E-state index contributed by atoms with van der Waals surface area (Å²) in [6.07, 6.45) is -3.89. The molecule has 0 radical (unpaired) electrons. The lowest BCUT2D eigenvalue weighted by Gasteiger charge is -2.19. The maximum atomic E-state index is 13.4.